The van der Waals surface area contributed by atoms with Gasteiger partial charge in [0.2, 0.25) is 5.91 Å². The fraction of sp³-hybridized carbons (Fsp3) is 0.562. The molecule has 2 unspecified atom stereocenters. The second-order valence-electron chi connectivity index (χ2n) is 5.31. The summed E-state index contributed by atoms with van der Waals surface area (Å²) >= 11 is 0. The van der Waals surface area contributed by atoms with Crippen molar-refractivity contribution >= 4 is 5.91 Å². The number of hydrogen-bond donors (Lipinski definition) is 2. The maximum absolute atomic E-state index is 11.9. The molecule has 1 amide bonds. The molecule has 0 aliphatic carbocycles. The Balaban J connectivity index is 2.59. The van der Waals surface area contributed by atoms with Crippen LogP contribution in [0.15, 0.2) is 18.2 Å². The van der Waals surface area contributed by atoms with Crippen LogP contribution in [0.1, 0.15) is 49.9 Å². The molecule has 0 radical (unpaired) electrons. The van der Waals surface area contributed by atoms with Crippen molar-refractivity contribution in [1.29, 1.82) is 0 Å². The molecule has 19 heavy (non-hydrogen) atoms. The van der Waals surface area contributed by atoms with Crippen LogP contribution in [-0.4, -0.2) is 18.5 Å². The van der Waals surface area contributed by atoms with Gasteiger partial charge in [0, 0.05) is 12.5 Å². The van der Waals surface area contributed by atoms with Gasteiger partial charge in [-0.25, -0.2) is 0 Å². The summed E-state index contributed by atoms with van der Waals surface area (Å²) in [6.45, 7) is 11.2. The lowest BCUT2D eigenvalue weighted by molar-refractivity contribution is -0.122. The molecule has 0 saturated carbocycles. The van der Waals surface area contributed by atoms with Crippen LogP contribution in [0.5, 0.6) is 0 Å². The van der Waals surface area contributed by atoms with Crippen LogP contribution >= 0.6 is 0 Å². The summed E-state index contributed by atoms with van der Waals surface area (Å²) in [4.78, 5) is 11.9. The third-order valence-electron chi connectivity index (χ3n) is 3.31. The van der Waals surface area contributed by atoms with Gasteiger partial charge in [-0.2, -0.15) is 0 Å². The maximum atomic E-state index is 11.9. The number of carbonyl (C=O) groups is 1. The van der Waals surface area contributed by atoms with Gasteiger partial charge >= 0.3 is 0 Å². The van der Waals surface area contributed by atoms with Gasteiger partial charge in [0.1, 0.15) is 0 Å². The lowest BCUT2D eigenvalue weighted by Crippen LogP contribution is -2.34. The van der Waals surface area contributed by atoms with E-state index in [9.17, 15) is 4.79 Å². The predicted octanol–water partition coefficient (Wildman–Crippen LogP) is 2.87. The van der Waals surface area contributed by atoms with Crippen LogP contribution in [0.25, 0.3) is 0 Å². The van der Waals surface area contributed by atoms with E-state index in [0.717, 1.165) is 6.54 Å². The fourth-order valence-corrected chi connectivity index (χ4v) is 2.39. The second-order valence-corrected chi connectivity index (χ2v) is 5.31. The lowest BCUT2D eigenvalue weighted by Gasteiger charge is -2.19. The number of amides is 1. The maximum Gasteiger partial charge on any atom is 0.222 e. The standard InChI is InChI=1S/C16H26N2O/c1-6-17-13(4)10-16(19)18-14(5)15-8-7-11(2)9-12(15)3/h7-9,13-14,17H,6,10H2,1-5H3,(H,18,19). The first kappa shape index (κ1) is 15.7. The highest BCUT2D eigenvalue weighted by molar-refractivity contribution is 5.77. The first-order valence-electron chi connectivity index (χ1n) is 7.04. The molecule has 0 heterocycles. The Bertz CT molecular complexity index is 429. The lowest BCUT2D eigenvalue weighted by atomic mass is 10.00. The number of aryl methyl sites for hydroxylation is 2. The topological polar surface area (TPSA) is 41.1 Å². The minimum absolute atomic E-state index is 0.0573. The summed E-state index contributed by atoms with van der Waals surface area (Å²) in [5.74, 6) is 0.0981. The first-order chi connectivity index (χ1) is 8.93. The van der Waals surface area contributed by atoms with E-state index < -0.39 is 0 Å². The molecule has 2 N–H and O–H groups in total. The van der Waals surface area contributed by atoms with Gasteiger partial charge in [0.15, 0.2) is 0 Å². The summed E-state index contributed by atoms with van der Waals surface area (Å²) in [6, 6.07) is 6.62. The first-order valence-corrected chi connectivity index (χ1v) is 7.04. The number of carbonyl (C=O) groups excluding carboxylic acids is 1. The Morgan fingerprint density at radius 2 is 1.95 bits per heavy atom. The molecule has 106 valence electrons. The summed E-state index contributed by atoms with van der Waals surface area (Å²) in [6.07, 6.45) is 0.517. The highest BCUT2D eigenvalue weighted by Gasteiger charge is 2.13. The molecular formula is C16H26N2O. The van der Waals surface area contributed by atoms with Crippen LogP contribution in [0.3, 0.4) is 0 Å². The molecule has 1 aromatic rings. The molecule has 0 spiro atoms. The van der Waals surface area contributed by atoms with Gasteiger partial charge in [0.05, 0.1) is 6.04 Å². The third-order valence-corrected chi connectivity index (χ3v) is 3.31. The van der Waals surface area contributed by atoms with Crippen molar-refractivity contribution in [1.82, 2.24) is 10.6 Å². The van der Waals surface area contributed by atoms with Crippen molar-refractivity contribution < 1.29 is 4.79 Å². The molecule has 1 aromatic carbocycles. The fourth-order valence-electron chi connectivity index (χ4n) is 2.39. The number of benzene rings is 1. The van der Waals surface area contributed by atoms with Gasteiger partial charge in [0.25, 0.3) is 0 Å². The van der Waals surface area contributed by atoms with Crippen LogP contribution in [0.2, 0.25) is 0 Å². The number of nitrogens with one attached hydrogen (secondary N) is 2. The van der Waals surface area contributed by atoms with E-state index in [0.29, 0.717) is 6.42 Å². The largest absolute Gasteiger partial charge is 0.350 e. The Kier molecular flexibility index (Phi) is 6.03. The monoisotopic (exact) mass is 262 g/mol. The van der Waals surface area contributed by atoms with Gasteiger partial charge < -0.3 is 10.6 Å². The van der Waals surface area contributed by atoms with Crippen molar-refractivity contribution in [2.24, 2.45) is 0 Å². The second kappa shape index (κ2) is 7.29. The molecule has 0 aliphatic heterocycles. The zero-order valence-electron chi connectivity index (χ0n) is 12.7. The van der Waals surface area contributed by atoms with Crippen molar-refractivity contribution in [3.8, 4) is 0 Å². The van der Waals surface area contributed by atoms with E-state index in [1.807, 2.05) is 20.8 Å². The van der Waals surface area contributed by atoms with E-state index >= 15 is 0 Å². The third kappa shape index (κ3) is 5.03. The van der Waals surface area contributed by atoms with E-state index in [1.54, 1.807) is 0 Å². The smallest absolute Gasteiger partial charge is 0.222 e. The number of hydrogen-bond acceptors (Lipinski definition) is 2. The predicted molar refractivity (Wildman–Crippen MR) is 80.2 cm³/mol. The van der Waals surface area contributed by atoms with Gasteiger partial charge in [-0.3, -0.25) is 4.79 Å². The molecule has 3 nitrogen and oxygen atoms in total. The molecule has 2 atom stereocenters. The quantitative estimate of drug-likeness (QED) is 0.827. The molecule has 1 rings (SSSR count). The molecule has 0 bridgehead atoms. The zero-order valence-corrected chi connectivity index (χ0v) is 12.7. The van der Waals surface area contributed by atoms with Crippen LogP contribution in [-0.2, 0) is 4.79 Å². The minimum Gasteiger partial charge on any atom is -0.350 e. The van der Waals surface area contributed by atoms with Crippen molar-refractivity contribution in [2.45, 2.75) is 53.1 Å². The van der Waals surface area contributed by atoms with Gasteiger partial charge in [-0.1, -0.05) is 30.7 Å². The summed E-state index contributed by atoms with van der Waals surface area (Å²) in [7, 11) is 0. The molecule has 0 aliphatic rings. The minimum atomic E-state index is 0.0573. The summed E-state index contributed by atoms with van der Waals surface area (Å²) < 4.78 is 0. The zero-order chi connectivity index (χ0) is 14.4. The van der Waals surface area contributed by atoms with E-state index in [-0.39, 0.29) is 18.0 Å². The van der Waals surface area contributed by atoms with Gasteiger partial charge in [-0.05, 0) is 45.4 Å². The van der Waals surface area contributed by atoms with Crippen LogP contribution in [0.4, 0.5) is 0 Å². The van der Waals surface area contributed by atoms with E-state index in [4.69, 9.17) is 0 Å². The van der Waals surface area contributed by atoms with Crippen molar-refractivity contribution in [2.75, 3.05) is 6.54 Å². The summed E-state index contributed by atoms with van der Waals surface area (Å²) in [5, 5.41) is 6.31. The Morgan fingerprint density at radius 3 is 2.53 bits per heavy atom. The highest BCUT2D eigenvalue weighted by atomic mass is 16.1. The van der Waals surface area contributed by atoms with Crippen molar-refractivity contribution in [3.05, 3.63) is 34.9 Å². The molecule has 0 aromatic heterocycles. The Morgan fingerprint density at radius 1 is 1.26 bits per heavy atom. The van der Waals surface area contributed by atoms with Crippen LogP contribution < -0.4 is 10.6 Å². The number of rotatable bonds is 6. The van der Waals surface area contributed by atoms with E-state index in [1.165, 1.54) is 16.7 Å². The Hall–Kier alpha value is -1.35. The SMILES string of the molecule is CCNC(C)CC(=O)NC(C)c1ccc(C)cc1C. The molecular weight excluding hydrogens is 236 g/mol. The average molecular weight is 262 g/mol. The molecule has 3 heteroatoms. The molecule has 0 fully saturated rings. The molecule has 0 saturated heterocycles. The van der Waals surface area contributed by atoms with E-state index in [2.05, 4.69) is 42.7 Å². The Labute approximate surface area is 116 Å². The van der Waals surface area contributed by atoms with Gasteiger partial charge in [-0.15, -0.1) is 0 Å². The summed E-state index contributed by atoms with van der Waals surface area (Å²) in [5.41, 5.74) is 3.67. The van der Waals surface area contributed by atoms with Crippen LogP contribution in [0, 0.1) is 13.8 Å². The normalized spacial score (nSPS) is 13.9. The average Bonchev–Trinajstić information content (AvgIpc) is 2.28. The highest BCUT2D eigenvalue weighted by Crippen LogP contribution is 2.18. The van der Waals surface area contributed by atoms with Crippen molar-refractivity contribution in [3.63, 3.8) is 0 Å².